The van der Waals surface area contributed by atoms with E-state index in [9.17, 15) is 0 Å². The summed E-state index contributed by atoms with van der Waals surface area (Å²) < 4.78 is 0. The number of aromatic nitrogens is 1. The van der Waals surface area contributed by atoms with E-state index in [-0.39, 0.29) is 0 Å². The third-order valence-corrected chi connectivity index (χ3v) is 3.33. The lowest BCUT2D eigenvalue weighted by Gasteiger charge is -2.24. The summed E-state index contributed by atoms with van der Waals surface area (Å²) in [5, 5.41) is 3.32. The van der Waals surface area contributed by atoms with Crippen LogP contribution in [0, 0.1) is 0 Å². The molecule has 1 aromatic heterocycles. The predicted molar refractivity (Wildman–Crippen MR) is 75.3 cm³/mol. The van der Waals surface area contributed by atoms with Crippen molar-refractivity contribution >= 4 is 0 Å². The third-order valence-electron chi connectivity index (χ3n) is 3.33. The van der Waals surface area contributed by atoms with Gasteiger partial charge < -0.3 is 5.32 Å². The Labute approximate surface area is 110 Å². The molecule has 0 aromatic carbocycles. The Morgan fingerprint density at radius 1 is 1.33 bits per heavy atom. The average molecular weight is 245 g/mol. The zero-order valence-corrected chi connectivity index (χ0v) is 11.4. The Hall–Kier alpha value is -1.19. The predicted octanol–water partition coefficient (Wildman–Crippen LogP) is 2.34. The van der Waals surface area contributed by atoms with Crippen molar-refractivity contribution in [3.05, 3.63) is 41.2 Å². The zero-order chi connectivity index (χ0) is 12.8. The van der Waals surface area contributed by atoms with Gasteiger partial charge in [0.25, 0.3) is 0 Å². The summed E-state index contributed by atoms with van der Waals surface area (Å²) >= 11 is 0. The minimum absolute atomic E-state index is 0.864. The molecule has 1 aliphatic heterocycles. The first-order chi connectivity index (χ1) is 8.78. The van der Waals surface area contributed by atoms with E-state index >= 15 is 0 Å². The van der Waals surface area contributed by atoms with Gasteiger partial charge in [-0.15, -0.1) is 0 Å². The number of rotatable bonds is 5. The van der Waals surface area contributed by atoms with Gasteiger partial charge in [0.2, 0.25) is 0 Å². The minimum Gasteiger partial charge on any atom is -0.311 e. The van der Waals surface area contributed by atoms with E-state index < -0.39 is 0 Å². The van der Waals surface area contributed by atoms with Crippen molar-refractivity contribution in [2.75, 3.05) is 19.6 Å². The molecule has 0 saturated carbocycles. The molecule has 18 heavy (non-hydrogen) atoms. The van der Waals surface area contributed by atoms with Crippen LogP contribution in [0.4, 0.5) is 0 Å². The van der Waals surface area contributed by atoms with Crippen LogP contribution in [-0.2, 0) is 13.1 Å². The average Bonchev–Trinajstić information content (AvgIpc) is 2.40. The molecule has 1 N–H and O–H groups in total. The van der Waals surface area contributed by atoms with Crippen LogP contribution >= 0.6 is 0 Å². The van der Waals surface area contributed by atoms with Crippen molar-refractivity contribution in [2.24, 2.45) is 0 Å². The molecule has 0 radical (unpaired) electrons. The first-order valence-corrected chi connectivity index (χ1v) is 6.81. The topological polar surface area (TPSA) is 28.2 Å². The lowest BCUT2D eigenvalue weighted by molar-refractivity contribution is 0.282. The number of nitrogens with one attached hydrogen (secondary N) is 1. The van der Waals surface area contributed by atoms with E-state index in [1.165, 1.54) is 17.7 Å². The second-order valence-corrected chi connectivity index (χ2v) is 4.94. The molecule has 0 amide bonds. The van der Waals surface area contributed by atoms with Gasteiger partial charge in [0.05, 0.1) is 11.4 Å². The fraction of sp³-hybridized carbons (Fsp3) is 0.533. The summed E-state index contributed by atoms with van der Waals surface area (Å²) in [6.45, 7) is 9.36. The molecule has 3 nitrogen and oxygen atoms in total. The largest absolute Gasteiger partial charge is 0.311 e. The summed E-state index contributed by atoms with van der Waals surface area (Å²) in [5.41, 5.74) is 3.83. The Kier molecular flexibility index (Phi) is 4.90. The maximum atomic E-state index is 4.70. The van der Waals surface area contributed by atoms with Crippen LogP contribution < -0.4 is 5.32 Å². The monoisotopic (exact) mass is 245 g/mol. The smallest absolute Gasteiger partial charge is 0.0547 e. The Bertz CT molecular complexity index is 412. The molecule has 0 saturated heterocycles. The van der Waals surface area contributed by atoms with Crippen molar-refractivity contribution in [3.8, 4) is 0 Å². The Balaban J connectivity index is 1.92. The molecule has 0 unspecified atom stereocenters. The van der Waals surface area contributed by atoms with Gasteiger partial charge in [0.1, 0.15) is 0 Å². The second-order valence-electron chi connectivity index (χ2n) is 4.94. The highest BCUT2D eigenvalue weighted by Gasteiger charge is 2.10. The number of nitrogens with zero attached hydrogens (tertiary/aromatic N) is 2. The number of hydrogen-bond acceptors (Lipinski definition) is 3. The lowest BCUT2D eigenvalue weighted by atomic mass is 10.1. The number of hydrogen-bond donors (Lipinski definition) is 1. The lowest BCUT2D eigenvalue weighted by Crippen LogP contribution is -2.28. The van der Waals surface area contributed by atoms with Crippen molar-refractivity contribution in [3.63, 3.8) is 0 Å². The van der Waals surface area contributed by atoms with Crippen molar-refractivity contribution in [2.45, 2.75) is 33.4 Å². The van der Waals surface area contributed by atoms with Crippen LogP contribution in [0.5, 0.6) is 0 Å². The summed E-state index contributed by atoms with van der Waals surface area (Å²) in [4.78, 5) is 7.15. The summed E-state index contributed by atoms with van der Waals surface area (Å²) in [6.07, 6.45) is 3.52. The molecule has 0 atom stereocenters. The van der Waals surface area contributed by atoms with Gasteiger partial charge in [-0.2, -0.15) is 0 Å². The van der Waals surface area contributed by atoms with Crippen LogP contribution in [0.25, 0.3) is 0 Å². The summed E-state index contributed by atoms with van der Waals surface area (Å²) in [7, 11) is 0. The van der Waals surface area contributed by atoms with Crippen molar-refractivity contribution in [1.29, 1.82) is 0 Å². The maximum Gasteiger partial charge on any atom is 0.0547 e. The van der Waals surface area contributed by atoms with Crippen LogP contribution in [0.15, 0.2) is 29.8 Å². The quantitative estimate of drug-likeness (QED) is 0.807. The van der Waals surface area contributed by atoms with Crippen LogP contribution in [-0.4, -0.2) is 29.5 Å². The van der Waals surface area contributed by atoms with Gasteiger partial charge in [-0.25, -0.2) is 0 Å². The fourth-order valence-corrected chi connectivity index (χ4v) is 2.15. The van der Waals surface area contributed by atoms with Gasteiger partial charge in [0.15, 0.2) is 0 Å². The molecule has 0 fully saturated rings. The summed E-state index contributed by atoms with van der Waals surface area (Å²) in [6, 6.07) is 6.33. The van der Waals surface area contributed by atoms with Crippen molar-refractivity contribution < 1.29 is 0 Å². The van der Waals surface area contributed by atoms with Crippen LogP contribution in [0.1, 0.15) is 31.7 Å². The van der Waals surface area contributed by atoms with E-state index in [2.05, 4.69) is 48.3 Å². The molecule has 1 aliphatic rings. The molecule has 98 valence electrons. The van der Waals surface area contributed by atoms with E-state index in [1.54, 1.807) is 0 Å². The third kappa shape index (κ3) is 3.93. The fourth-order valence-electron chi connectivity index (χ4n) is 2.15. The van der Waals surface area contributed by atoms with E-state index in [1.807, 2.05) is 0 Å². The summed E-state index contributed by atoms with van der Waals surface area (Å²) in [5.74, 6) is 0. The standard InChI is InChI=1S/C15H23N3/c1-3-16-11-14-5-4-6-15(17-14)12-18-9-7-13(2)8-10-18/h4-7,16H,3,8-12H2,1-2H3. The molecule has 0 aliphatic carbocycles. The molecule has 3 heteroatoms. The van der Waals surface area contributed by atoms with Crippen molar-refractivity contribution in [1.82, 2.24) is 15.2 Å². The highest BCUT2D eigenvalue weighted by Crippen LogP contribution is 2.12. The highest BCUT2D eigenvalue weighted by molar-refractivity contribution is 5.12. The van der Waals surface area contributed by atoms with Crippen LogP contribution in [0.2, 0.25) is 0 Å². The zero-order valence-electron chi connectivity index (χ0n) is 11.4. The number of pyridine rings is 1. The normalized spacial score (nSPS) is 16.7. The van der Waals surface area contributed by atoms with Gasteiger partial charge in [-0.05, 0) is 32.0 Å². The first-order valence-electron chi connectivity index (χ1n) is 6.81. The van der Waals surface area contributed by atoms with Gasteiger partial charge in [0, 0.05) is 26.2 Å². The van der Waals surface area contributed by atoms with Gasteiger partial charge in [-0.1, -0.05) is 24.6 Å². The second kappa shape index (κ2) is 6.66. The molecular weight excluding hydrogens is 222 g/mol. The highest BCUT2D eigenvalue weighted by atomic mass is 15.1. The first kappa shape index (κ1) is 13.2. The SMILES string of the molecule is CCNCc1cccc(CN2CC=C(C)CC2)n1. The maximum absolute atomic E-state index is 4.70. The Morgan fingerprint density at radius 2 is 2.17 bits per heavy atom. The molecule has 1 aromatic rings. The van der Waals surface area contributed by atoms with Crippen LogP contribution in [0.3, 0.4) is 0 Å². The molecule has 0 spiro atoms. The molecular formula is C15H23N3. The minimum atomic E-state index is 0.864. The van der Waals surface area contributed by atoms with E-state index in [4.69, 9.17) is 4.98 Å². The molecule has 0 bridgehead atoms. The van der Waals surface area contributed by atoms with Gasteiger partial charge in [-0.3, -0.25) is 9.88 Å². The van der Waals surface area contributed by atoms with E-state index in [0.29, 0.717) is 0 Å². The molecule has 2 heterocycles. The molecule has 2 rings (SSSR count). The van der Waals surface area contributed by atoms with E-state index in [0.717, 1.165) is 38.4 Å². The van der Waals surface area contributed by atoms with Gasteiger partial charge >= 0.3 is 0 Å². The Morgan fingerprint density at radius 3 is 2.89 bits per heavy atom.